The molecule has 11 heteroatoms. The van der Waals surface area contributed by atoms with E-state index in [0.717, 1.165) is 0 Å². The molecule has 5 nitrogen and oxygen atoms in total. The second-order valence-electron chi connectivity index (χ2n) is 6.26. The summed E-state index contributed by atoms with van der Waals surface area (Å²) in [5.74, 6) is -1.77. The molecule has 2 N–H and O–H groups in total. The van der Waals surface area contributed by atoms with Gasteiger partial charge in [-0.2, -0.15) is 26.3 Å². The van der Waals surface area contributed by atoms with E-state index < -0.39 is 40.9 Å². The average Bonchev–Trinajstić information content (AvgIpc) is 3.21. The molecule has 0 saturated heterocycles. The summed E-state index contributed by atoms with van der Waals surface area (Å²) in [6.07, 6.45) is -8.87. The van der Waals surface area contributed by atoms with Crippen LogP contribution in [0.5, 0.6) is 0 Å². The van der Waals surface area contributed by atoms with Crippen molar-refractivity contribution < 1.29 is 40.3 Å². The Morgan fingerprint density at radius 3 is 1.74 bits per heavy atom. The lowest BCUT2D eigenvalue weighted by molar-refractivity contribution is -0.143. The predicted octanol–water partition coefficient (Wildman–Crippen LogP) is 5.82. The molecule has 0 bridgehead atoms. The van der Waals surface area contributed by atoms with Crippen LogP contribution in [0, 0.1) is 0 Å². The summed E-state index contributed by atoms with van der Waals surface area (Å²) in [5.41, 5.74) is -3.79. The molecule has 0 fully saturated rings. The van der Waals surface area contributed by atoms with Gasteiger partial charge in [0.15, 0.2) is 5.76 Å². The minimum atomic E-state index is -5.08. The molecule has 0 aliphatic rings. The number of rotatable bonds is 4. The summed E-state index contributed by atoms with van der Waals surface area (Å²) in [5, 5.41) is 4.69. The Bertz CT molecular complexity index is 1070. The van der Waals surface area contributed by atoms with Crippen LogP contribution in [0.25, 0.3) is 0 Å². The Morgan fingerprint density at radius 1 is 0.710 bits per heavy atom. The van der Waals surface area contributed by atoms with Crippen LogP contribution in [0.4, 0.5) is 37.7 Å². The van der Waals surface area contributed by atoms with Gasteiger partial charge < -0.3 is 15.1 Å². The number of carbonyl (C=O) groups is 2. The molecule has 162 valence electrons. The highest BCUT2D eigenvalue weighted by atomic mass is 19.4. The van der Waals surface area contributed by atoms with Gasteiger partial charge in [0, 0.05) is 16.9 Å². The van der Waals surface area contributed by atoms with Crippen molar-refractivity contribution in [2.45, 2.75) is 12.4 Å². The van der Waals surface area contributed by atoms with Crippen molar-refractivity contribution in [1.29, 1.82) is 0 Å². The van der Waals surface area contributed by atoms with Gasteiger partial charge in [-0.15, -0.1) is 0 Å². The Labute approximate surface area is 170 Å². The topological polar surface area (TPSA) is 71.3 Å². The number of furan rings is 1. The SMILES string of the molecule is O=C(Nc1cccc(NC(=O)c2ccco2)c1)c1cc(C(F)(F)F)cc(C(F)(F)F)c1. The van der Waals surface area contributed by atoms with E-state index in [-0.39, 0.29) is 23.2 Å². The van der Waals surface area contributed by atoms with Crippen molar-refractivity contribution in [3.05, 3.63) is 83.3 Å². The lowest BCUT2D eigenvalue weighted by Gasteiger charge is -2.14. The molecule has 31 heavy (non-hydrogen) atoms. The number of alkyl halides is 6. The van der Waals surface area contributed by atoms with Gasteiger partial charge in [0.2, 0.25) is 0 Å². The van der Waals surface area contributed by atoms with E-state index in [2.05, 4.69) is 10.6 Å². The molecule has 0 radical (unpaired) electrons. The Balaban J connectivity index is 1.84. The van der Waals surface area contributed by atoms with Crippen LogP contribution in [0.3, 0.4) is 0 Å². The number of benzene rings is 2. The summed E-state index contributed by atoms with van der Waals surface area (Å²) in [6, 6.07) is 8.99. The molecule has 1 heterocycles. The molecule has 0 atom stereocenters. The van der Waals surface area contributed by atoms with Gasteiger partial charge in [-0.1, -0.05) is 6.07 Å². The molecule has 0 unspecified atom stereocenters. The van der Waals surface area contributed by atoms with Crippen LogP contribution in [0.1, 0.15) is 32.0 Å². The van der Waals surface area contributed by atoms with E-state index >= 15 is 0 Å². The van der Waals surface area contributed by atoms with Crippen LogP contribution in [0.2, 0.25) is 0 Å². The van der Waals surface area contributed by atoms with Gasteiger partial charge in [0.1, 0.15) is 0 Å². The van der Waals surface area contributed by atoms with Crippen molar-refractivity contribution in [3.63, 3.8) is 0 Å². The second-order valence-corrected chi connectivity index (χ2v) is 6.26. The summed E-state index contributed by atoms with van der Waals surface area (Å²) in [6.45, 7) is 0. The molecule has 3 rings (SSSR count). The number of nitrogens with one attached hydrogen (secondary N) is 2. The Morgan fingerprint density at radius 2 is 1.26 bits per heavy atom. The summed E-state index contributed by atoms with van der Waals surface area (Å²) in [4.78, 5) is 24.3. The maximum Gasteiger partial charge on any atom is 0.416 e. The minimum absolute atomic E-state index is 0.0121. The van der Waals surface area contributed by atoms with Gasteiger partial charge >= 0.3 is 12.4 Å². The average molecular weight is 442 g/mol. The van der Waals surface area contributed by atoms with Crippen LogP contribution in [0.15, 0.2) is 65.3 Å². The van der Waals surface area contributed by atoms with Crippen molar-refractivity contribution in [1.82, 2.24) is 0 Å². The van der Waals surface area contributed by atoms with E-state index in [0.29, 0.717) is 12.1 Å². The molecular weight excluding hydrogens is 430 g/mol. The van der Waals surface area contributed by atoms with Crippen molar-refractivity contribution in [3.8, 4) is 0 Å². The highest BCUT2D eigenvalue weighted by molar-refractivity contribution is 6.06. The molecule has 0 saturated carbocycles. The number of halogens is 6. The number of anilines is 2. The maximum atomic E-state index is 13.0. The van der Waals surface area contributed by atoms with Crippen LogP contribution >= 0.6 is 0 Å². The van der Waals surface area contributed by atoms with Crippen LogP contribution in [-0.2, 0) is 12.4 Å². The molecular formula is C20H12F6N2O3. The maximum absolute atomic E-state index is 13.0. The summed E-state index contributed by atoms with van der Waals surface area (Å²) < 4.78 is 82.8. The van der Waals surface area contributed by atoms with Crippen molar-refractivity contribution in [2.24, 2.45) is 0 Å². The first-order valence-corrected chi connectivity index (χ1v) is 8.49. The number of hydrogen-bond acceptors (Lipinski definition) is 3. The fraction of sp³-hybridized carbons (Fsp3) is 0.100. The van der Waals surface area contributed by atoms with Crippen LogP contribution < -0.4 is 10.6 Å². The van der Waals surface area contributed by atoms with E-state index in [1.807, 2.05) is 0 Å². The molecule has 2 amide bonds. The lowest BCUT2D eigenvalue weighted by Crippen LogP contribution is -2.17. The van der Waals surface area contributed by atoms with Gasteiger partial charge in [-0.3, -0.25) is 9.59 Å². The molecule has 1 aromatic heterocycles. The van der Waals surface area contributed by atoms with E-state index in [4.69, 9.17) is 4.42 Å². The number of hydrogen-bond donors (Lipinski definition) is 2. The van der Waals surface area contributed by atoms with Gasteiger partial charge in [-0.05, 0) is 48.5 Å². The quantitative estimate of drug-likeness (QED) is 0.500. The third kappa shape index (κ3) is 5.44. The lowest BCUT2D eigenvalue weighted by atomic mass is 10.0. The highest BCUT2D eigenvalue weighted by Gasteiger charge is 2.37. The predicted molar refractivity (Wildman–Crippen MR) is 97.5 cm³/mol. The molecule has 0 aliphatic carbocycles. The second kappa shape index (κ2) is 8.17. The minimum Gasteiger partial charge on any atom is -0.459 e. The van der Waals surface area contributed by atoms with Crippen molar-refractivity contribution >= 4 is 23.2 Å². The first-order chi connectivity index (χ1) is 14.4. The van der Waals surface area contributed by atoms with E-state index in [9.17, 15) is 35.9 Å². The first kappa shape index (κ1) is 21.9. The van der Waals surface area contributed by atoms with Crippen LogP contribution in [-0.4, -0.2) is 11.8 Å². The molecule has 2 aromatic carbocycles. The van der Waals surface area contributed by atoms with E-state index in [1.165, 1.54) is 42.7 Å². The zero-order valence-electron chi connectivity index (χ0n) is 15.3. The largest absolute Gasteiger partial charge is 0.459 e. The first-order valence-electron chi connectivity index (χ1n) is 8.49. The number of carbonyl (C=O) groups excluding carboxylic acids is 2. The molecule has 3 aromatic rings. The third-order valence-corrected chi connectivity index (χ3v) is 3.97. The highest BCUT2D eigenvalue weighted by Crippen LogP contribution is 2.36. The summed E-state index contributed by atoms with van der Waals surface area (Å²) in [7, 11) is 0. The van der Waals surface area contributed by atoms with Gasteiger partial charge in [0.25, 0.3) is 11.8 Å². The normalized spacial score (nSPS) is 11.8. The van der Waals surface area contributed by atoms with Gasteiger partial charge in [-0.25, -0.2) is 0 Å². The Hall–Kier alpha value is -3.76. The summed E-state index contributed by atoms with van der Waals surface area (Å²) >= 11 is 0. The molecule has 0 spiro atoms. The van der Waals surface area contributed by atoms with Crippen molar-refractivity contribution in [2.75, 3.05) is 10.6 Å². The number of amides is 2. The standard InChI is InChI=1S/C20H12F6N2O3/c21-19(22,23)12-7-11(8-13(9-12)20(24,25)26)17(29)27-14-3-1-4-15(10-14)28-18(30)16-5-2-6-31-16/h1-10H,(H,27,29)(H,28,30). The fourth-order valence-electron chi connectivity index (χ4n) is 2.56. The zero-order valence-corrected chi connectivity index (χ0v) is 15.3. The monoisotopic (exact) mass is 442 g/mol. The zero-order chi connectivity index (χ0) is 22.8. The molecule has 0 aliphatic heterocycles. The van der Waals surface area contributed by atoms with E-state index in [1.54, 1.807) is 0 Å². The van der Waals surface area contributed by atoms with Gasteiger partial charge in [0.05, 0.1) is 17.4 Å². The fourth-order valence-corrected chi connectivity index (χ4v) is 2.56. The Kier molecular flexibility index (Phi) is 5.78. The third-order valence-electron chi connectivity index (χ3n) is 3.97. The smallest absolute Gasteiger partial charge is 0.416 e.